The minimum Gasteiger partial charge on any atom is -0.336 e. The monoisotopic (exact) mass is 335 g/mol. The number of nitrogens with zero attached hydrogens (tertiary/aromatic N) is 7. The number of carbonyl (C=O) groups is 1. The molecule has 8 heteroatoms. The summed E-state index contributed by atoms with van der Waals surface area (Å²) in [5.41, 5.74) is 1.53. The van der Waals surface area contributed by atoms with E-state index < -0.39 is 0 Å². The Kier molecular flexibility index (Phi) is 4.07. The van der Waals surface area contributed by atoms with Crippen molar-refractivity contribution in [3.8, 4) is 5.69 Å². The highest BCUT2D eigenvalue weighted by molar-refractivity contribution is 5.94. The Morgan fingerprint density at radius 2 is 1.76 bits per heavy atom. The number of tetrazole rings is 1. The molecule has 2 aromatic heterocycles. The Morgan fingerprint density at radius 1 is 0.960 bits per heavy atom. The van der Waals surface area contributed by atoms with Crippen molar-refractivity contribution < 1.29 is 4.79 Å². The van der Waals surface area contributed by atoms with Gasteiger partial charge < -0.3 is 9.80 Å². The van der Waals surface area contributed by atoms with E-state index in [1.165, 1.54) is 0 Å². The van der Waals surface area contributed by atoms with Crippen molar-refractivity contribution in [1.29, 1.82) is 0 Å². The molecule has 1 saturated heterocycles. The van der Waals surface area contributed by atoms with Gasteiger partial charge in [0, 0.05) is 38.6 Å². The number of carbonyl (C=O) groups excluding carboxylic acids is 1. The Bertz CT molecular complexity index is 842. The molecular formula is C17H17N7O. The van der Waals surface area contributed by atoms with Gasteiger partial charge in [0.2, 0.25) is 5.95 Å². The molecule has 3 aromatic rings. The molecule has 1 amide bonds. The molecule has 1 aliphatic heterocycles. The average molecular weight is 335 g/mol. The van der Waals surface area contributed by atoms with Crippen LogP contribution < -0.4 is 4.90 Å². The molecule has 8 nitrogen and oxygen atoms in total. The van der Waals surface area contributed by atoms with Crippen LogP contribution in [0.4, 0.5) is 5.95 Å². The molecule has 4 rings (SSSR count). The van der Waals surface area contributed by atoms with Crippen molar-refractivity contribution >= 4 is 11.9 Å². The van der Waals surface area contributed by atoms with Gasteiger partial charge >= 0.3 is 0 Å². The van der Waals surface area contributed by atoms with Gasteiger partial charge in [-0.3, -0.25) is 9.78 Å². The predicted molar refractivity (Wildman–Crippen MR) is 91.5 cm³/mol. The van der Waals surface area contributed by atoms with Crippen LogP contribution in [0, 0.1) is 0 Å². The molecule has 0 radical (unpaired) electrons. The minimum atomic E-state index is 0.00963. The molecule has 0 saturated carbocycles. The second-order valence-corrected chi connectivity index (χ2v) is 5.75. The third-order valence-corrected chi connectivity index (χ3v) is 4.21. The maximum Gasteiger partial charge on any atom is 0.255 e. The van der Waals surface area contributed by atoms with E-state index in [2.05, 4.69) is 25.4 Å². The van der Waals surface area contributed by atoms with E-state index in [9.17, 15) is 4.79 Å². The second kappa shape index (κ2) is 6.68. The zero-order valence-corrected chi connectivity index (χ0v) is 13.6. The van der Waals surface area contributed by atoms with Gasteiger partial charge in [-0.1, -0.05) is 23.3 Å². The average Bonchev–Trinajstić information content (AvgIpc) is 3.19. The van der Waals surface area contributed by atoms with Crippen molar-refractivity contribution in [3.63, 3.8) is 0 Å². The Morgan fingerprint density at radius 3 is 2.48 bits per heavy atom. The first-order valence-electron chi connectivity index (χ1n) is 8.11. The van der Waals surface area contributed by atoms with Crippen LogP contribution in [0.3, 0.4) is 0 Å². The number of hydrogen-bond donors (Lipinski definition) is 0. The number of para-hydroxylation sites is 1. The highest BCUT2D eigenvalue weighted by Gasteiger charge is 2.25. The van der Waals surface area contributed by atoms with Gasteiger partial charge in [-0.2, -0.15) is 4.68 Å². The highest BCUT2D eigenvalue weighted by Crippen LogP contribution is 2.17. The summed E-state index contributed by atoms with van der Waals surface area (Å²) in [6.07, 6.45) is 3.27. The molecule has 0 atom stereocenters. The van der Waals surface area contributed by atoms with Crippen LogP contribution in [0.15, 0.2) is 54.9 Å². The first kappa shape index (κ1) is 15.3. The second-order valence-electron chi connectivity index (χ2n) is 5.75. The summed E-state index contributed by atoms with van der Waals surface area (Å²) in [6.45, 7) is 2.60. The van der Waals surface area contributed by atoms with Gasteiger partial charge in [0.15, 0.2) is 0 Å². The number of benzene rings is 1. The van der Waals surface area contributed by atoms with E-state index in [1.807, 2.05) is 35.2 Å². The van der Waals surface area contributed by atoms with Crippen molar-refractivity contribution in [3.05, 3.63) is 60.4 Å². The van der Waals surface area contributed by atoms with Crippen molar-refractivity contribution in [2.45, 2.75) is 0 Å². The van der Waals surface area contributed by atoms with E-state index in [1.54, 1.807) is 29.2 Å². The number of aromatic nitrogens is 5. The lowest BCUT2D eigenvalue weighted by atomic mass is 10.2. The summed E-state index contributed by atoms with van der Waals surface area (Å²) in [4.78, 5) is 20.5. The summed E-state index contributed by atoms with van der Waals surface area (Å²) in [5, 5.41) is 12.1. The van der Waals surface area contributed by atoms with Crippen molar-refractivity contribution in [2.75, 3.05) is 31.1 Å². The van der Waals surface area contributed by atoms with E-state index in [0.29, 0.717) is 37.7 Å². The van der Waals surface area contributed by atoms with E-state index in [0.717, 1.165) is 5.69 Å². The zero-order valence-electron chi connectivity index (χ0n) is 13.6. The standard InChI is InChI=1S/C17H17N7O/c25-16(14-5-4-8-18-13-14)22-9-11-23(12-10-22)17-19-20-21-24(17)15-6-2-1-3-7-15/h1-8,13H,9-12H2. The lowest BCUT2D eigenvalue weighted by molar-refractivity contribution is 0.0745. The van der Waals surface area contributed by atoms with E-state index in [4.69, 9.17) is 0 Å². The SMILES string of the molecule is O=C(c1cccnc1)N1CCN(c2nnnn2-c2ccccc2)CC1. The number of anilines is 1. The lowest BCUT2D eigenvalue weighted by Crippen LogP contribution is -2.49. The Balaban J connectivity index is 1.47. The quantitative estimate of drug-likeness (QED) is 0.711. The number of piperazine rings is 1. The van der Waals surface area contributed by atoms with Gasteiger partial charge in [-0.15, -0.1) is 0 Å². The van der Waals surface area contributed by atoms with Crippen molar-refractivity contribution in [2.24, 2.45) is 0 Å². The molecule has 25 heavy (non-hydrogen) atoms. The summed E-state index contributed by atoms with van der Waals surface area (Å²) >= 11 is 0. The van der Waals surface area contributed by atoms with Crippen LogP contribution in [-0.2, 0) is 0 Å². The van der Waals surface area contributed by atoms with Crippen molar-refractivity contribution in [1.82, 2.24) is 30.1 Å². The van der Waals surface area contributed by atoms with Crippen LogP contribution in [0.2, 0.25) is 0 Å². The normalized spacial score (nSPS) is 14.6. The van der Waals surface area contributed by atoms with E-state index >= 15 is 0 Å². The topological polar surface area (TPSA) is 80.0 Å². The first-order chi connectivity index (χ1) is 12.3. The van der Waals surface area contributed by atoms with Crippen LogP contribution in [-0.4, -0.2) is 62.2 Å². The molecule has 0 spiro atoms. The molecule has 0 bridgehead atoms. The maximum atomic E-state index is 12.5. The largest absolute Gasteiger partial charge is 0.336 e. The summed E-state index contributed by atoms with van der Waals surface area (Å²) in [5.74, 6) is 0.704. The fraction of sp³-hybridized carbons (Fsp3) is 0.235. The fourth-order valence-corrected chi connectivity index (χ4v) is 2.90. The number of amides is 1. The summed E-state index contributed by atoms with van der Waals surface area (Å²) < 4.78 is 1.72. The fourth-order valence-electron chi connectivity index (χ4n) is 2.90. The maximum absolute atomic E-state index is 12.5. The highest BCUT2D eigenvalue weighted by atomic mass is 16.2. The van der Waals surface area contributed by atoms with Gasteiger partial charge in [-0.25, -0.2) is 0 Å². The molecule has 0 unspecified atom stereocenters. The summed E-state index contributed by atoms with van der Waals surface area (Å²) in [6, 6.07) is 13.3. The van der Waals surface area contributed by atoms with Gasteiger partial charge in [0.25, 0.3) is 5.91 Å². The lowest BCUT2D eigenvalue weighted by Gasteiger charge is -2.34. The third-order valence-electron chi connectivity index (χ3n) is 4.21. The molecule has 1 fully saturated rings. The van der Waals surface area contributed by atoms with Crippen LogP contribution in [0.1, 0.15) is 10.4 Å². The third kappa shape index (κ3) is 3.06. The summed E-state index contributed by atoms with van der Waals surface area (Å²) in [7, 11) is 0. The molecule has 1 aromatic carbocycles. The number of pyridine rings is 1. The van der Waals surface area contributed by atoms with Gasteiger partial charge in [0.1, 0.15) is 0 Å². The number of hydrogen-bond acceptors (Lipinski definition) is 6. The van der Waals surface area contributed by atoms with Crippen LogP contribution >= 0.6 is 0 Å². The minimum absolute atomic E-state index is 0.00963. The van der Waals surface area contributed by atoms with Gasteiger partial charge in [0.05, 0.1) is 11.3 Å². The Labute approximate surface area is 144 Å². The first-order valence-corrected chi connectivity index (χ1v) is 8.11. The molecule has 1 aliphatic rings. The van der Waals surface area contributed by atoms with E-state index in [-0.39, 0.29) is 5.91 Å². The zero-order chi connectivity index (χ0) is 17.1. The molecule has 0 aliphatic carbocycles. The molecule has 3 heterocycles. The molecule has 0 N–H and O–H groups in total. The predicted octanol–water partition coefficient (Wildman–Crippen LogP) is 1.02. The smallest absolute Gasteiger partial charge is 0.255 e. The molecule has 126 valence electrons. The Hall–Kier alpha value is -3.29. The molecular weight excluding hydrogens is 318 g/mol. The van der Waals surface area contributed by atoms with Crippen LogP contribution in [0.25, 0.3) is 5.69 Å². The van der Waals surface area contributed by atoms with Crippen LogP contribution in [0.5, 0.6) is 0 Å². The van der Waals surface area contributed by atoms with Gasteiger partial charge in [-0.05, 0) is 34.7 Å². The number of rotatable bonds is 3.